The van der Waals surface area contributed by atoms with Gasteiger partial charge < -0.3 is 14.2 Å². The highest BCUT2D eigenvalue weighted by Crippen LogP contribution is 2.19. The number of hydrogen-bond acceptors (Lipinski definition) is 6. The average Bonchev–Trinajstić information content (AvgIpc) is 3.37. The maximum Gasteiger partial charge on any atom is 0.306 e. The lowest BCUT2D eigenvalue weighted by atomic mass is 10.0. The number of esters is 3. The van der Waals surface area contributed by atoms with Crippen molar-refractivity contribution in [1.29, 1.82) is 0 Å². The van der Waals surface area contributed by atoms with Crippen LogP contribution in [0, 0.1) is 0 Å². The molecular weight excluding hydrogens is 877 g/mol. The Morgan fingerprint density at radius 3 is 0.563 bits per heavy atom. The molecule has 0 spiro atoms. The topological polar surface area (TPSA) is 78.9 Å². The molecule has 0 aromatic rings. The monoisotopic (exact) mass is 1000 g/mol. The number of rotatable bonds is 61. The van der Waals surface area contributed by atoms with Crippen molar-refractivity contribution in [1.82, 2.24) is 0 Å². The summed E-state index contributed by atoms with van der Waals surface area (Å²) < 4.78 is 16.9. The fourth-order valence-electron chi connectivity index (χ4n) is 10.2. The summed E-state index contributed by atoms with van der Waals surface area (Å²) in [6.45, 7) is 6.70. The molecule has 0 amide bonds. The summed E-state index contributed by atoms with van der Waals surface area (Å²) >= 11 is 0. The Bertz CT molecular complexity index is 1060. The lowest BCUT2D eigenvalue weighted by Gasteiger charge is -2.18. The third kappa shape index (κ3) is 59.2. The van der Waals surface area contributed by atoms with Crippen LogP contribution in [0.2, 0.25) is 0 Å². The number of unbranched alkanes of at least 4 members (excludes halogenated alkanes) is 50. The van der Waals surface area contributed by atoms with Gasteiger partial charge in [-0.3, -0.25) is 14.4 Å². The highest BCUT2D eigenvalue weighted by molar-refractivity contribution is 5.71. The van der Waals surface area contributed by atoms with Crippen LogP contribution in [0.15, 0.2) is 0 Å². The largest absolute Gasteiger partial charge is 0.462 e. The van der Waals surface area contributed by atoms with Crippen LogP contribution >= 0.6 is 0 Å². The van der Waals surface area contributed by atoms with Gasteiger partial charge in [0, 0.05) is 19.3 Å². The lowest BCUT2D eigenvalue weighted by Crippen LogP contribution is -2.30. The zero-order valence-electron chi connectivity index (χ0n) is 48.5. The average molecular weight is 1000 g/mol. The molecule has 71 heavy (non-hydrogen) atoms. The minimum atomic E-state index is -0.761. The molecule has 0 aliphatic rings. The molecule has 0 aliphatic carbocycles. The van der Waals surface area contributed by atoms with Crippen molar-refractivity contribution >= 4 is 17.9 Å². The molecule has 6 heteroatoms. The number of hydrogen-bond donors (Lipinski definition) is 0. The molecule has 0 fully saturated rings. The predicted octanol–water partition coefficient (Wildman–Crippen LogP) is 21.9. The third-order valence-electron chi connectivity index (χ3n) is 15.1. The van der Waals surface area contributed by atoms with Gasteiger partial charge >= 0.3 is 17.9 Å². The molecule has 1 atom stereocenters. The van der Waals surface area contributed by atoms with Gasteiger partial charge in [-0.2, -0.15) is 0 Å². The van der Waals surface area contributed by atoms with Crippen LogP contribution in [0.25, 0.3) is 0 Å². The second-order valence-corrected chi connectivity index (χ2v) is 22.4. The highest BCUT2D eigenvalue weighted by Gasteiger charge is 2.19. The maximum absolute atomic E-state index is 12.9. The summed E-state index contributed by atoms with van der Waals surface area (Å²) in [5, 5.41) is 0. The first-order valence-corrected chi connectivity index (χ1v) is 32.5. The van der Waals surface area contributed by atoms with Gasteiger partial charge in [0.2, 0.25) is 0 Å². The van der Waals surface area contributed by atoms with Gasteiger partial charge in [0.15, 0.2) is 6.10 Å². The van der Waals surface area contributed by atoms with Crippen molar-refractivity contribution in [3.8, 4) is 0 Å². The Kier molecular flexibility index (Phi) is 59.6. The molecular formula is C65H126O6. The van der Waals surface area contributed by atoms with E-state index in [9.17, 15) is 14.4 Å². The predicted molar refractivity (Wildman–Crippen MR) is 307 cm³/mol. The van der Waals surface area contributed by atoms with E-state index in [2.05, 4.69) is 20.8 Å². The van der Waals surface area contributed by atoms with E-state index in [0.29, 0.717) is 19.3 Å². The molecule has 0 saturated carbocycles. The van der Waals surface area contributed by atoms with Crippen LogP contribution in [-0.2, 0) is 28.6 Å². The van der Waals surface area contributed by atoms with E-state index >= 15 is 0 Å². The molecule has 1 unspecified atom stereocenters. The van der Waals surface area contributed by atoms with E-state index in [4.69, 9.17) is 14.2 Å². The summed E-state index contributed by atoms with van der Waals surface area (Å²) in [6.07, 6.45) is 69.9. The van der Waals surface area contributed by atoms with Crippen molar-refractivity contribution in [3.05, 3.63) is 0 Å². The highest BCUT2D eigenvalue weighted by atomic mass is 16.6. The van der Waals surface area contributed by atoms with Crippen LogP contribution in [0.4, 0.5) is 0 Å². The maximum atomic E-state index is 12.9. The molecule has 0 N–H and O–H groups in total. The normalized spacial score (nSPS) is 11.9. The lowest BCUT2D eigenvalue weighted by molar-refractivity contribution is -0.167. The minimum absolute atomic E-state index is 0.0611. The van der Waals surface area contributed by atoms with Crippen LogP contribution in [0.3, 0.4) is 0 Å². The number of carbonyl (C=O) groups is 3. The molecule has 0 radical (unpaired) electrons. The Balaban J connectivity index is 4.07. The Morgan fingerprint density at radius 1 is 0.225 bits per heavy atom. The fourth-order valence-corrected chi connectivity index (χ4v) is 10.2. The summed E-state index contributed by atoms with van der Waals surface area (Å²) in [6, 6.07) is 0. The van der Waals surface area contributed by atoms with Crippen molar-refractivity contribution in [2.45, 2.75) is 386 Å². The van der Waals surface area contributed by atoms with Gasteiger partial charge in [0.25, 0.3) is 0 Å². The van der Waals surface area contributed by atoms with E-state index < -0.39 is 6.10 Å². The molecule has 422 valence electrons. The third-order valence-corrected chi connectivity index (χ3v) is 15.1. The number of ether oxygens (including phenoxy) is 3. The van der Waals surface area contributed by atoms with Gasteiger partial charge in [-0.1, -0.05) is 342 Å². The Morgan fingerprint density at radius 2 is 0.380 bits per heavy atom. The summed E-state index contributed by atoms with van der Waals surface area (Å²) in [5.74, 6) is -0.832. The molecule has 0 aliphatic heterocycles. The minimum Gasteiger partial charge on any atom is -0.462 e. The summed E-state index contributed by atoms with van der Waals surface area (Å²) in [4.78, 5) is 38.1. The van der Waals surface area contributed by atoms with Crippen LogP contribution in [0.1, 0.15) is 380 Å². The first kappa shape index (κ1) is 69.4. The van der Waals surface area contributed by atoms with Crippen molar-refractivity contribution in [2.24, 2.45) is 0 Å². The molecule has 0 aromatic heterocycles. The SMILES string of the molecule is CCCCCCCCCCCCCCCCCCCCCCCCCCCCCC(=O)OCC(COC(=O)CCCCCCCCCCC)OC(=O)CCCCCCCCCCCCCCCCCCC. The van der Waals surface area contributed by atoms with Gasteiger partial charge in [-0.05, 0) is 19.3 Å². The van der Waals surface area contributed by atoms with Gasteiger partial charge in [-0.15, -0.1) is 0 Å². The van der Waals surface area contributed by atoms with E-state index in [1.165, 1.54) is 283 Å². The van der Waals surface area contributed by atoms with E-state index in [-0.39, 0.29) is 31.1 Å². The van der Waals surface area contributed by atoms with Crippen LogP contribution in [0.5, 0.6) is 0 Å². The van der Waals surface area contributed by atoms with Gasteiger partial charge in [0.1, 0.15) is 13.2 Å². The van der Waals surface area contributed by atoms with Crippen molar-refractivity contribution in [2.75, 3.05) is 13.2 Å². The molecule has 0 rings (SSSR count). The molecule has 0 aromatic carbocycles. The number of carbonyl (C=O) groups excluding carboxylic acids is 3. The molecule has 0 saturated heterocycles. The first-order valence-electron chi connectivity index (χ1n) is 32.5. The quantitative estimate of drug-likeness (QED) is 0.0343. The van der Waals surface area contributed by atoms with E-state index in [1.807, 2.05) is 0 Å². The summed E-state index contributed by atoms with van der Waals surface area (Å²) in [5.41, 5.74) is 0. The zero-order chi connectivity index (χ0) is 51.4. The van der Waals surface area contributed by atoms with E-state index in [0.717, 1.165) is 57.8 Å². The summed E-state index contributed by atoms with van der Waals surface area (Å²) in [7, 11) is 0. The smallest absolute Gasteiger partial charge is 0.306 e. The van der Waals surface area contributed by atoms with Crippen LogP contribution in [-0.4, -0.2) is 37.2 Å². The van der Waals surface area contributed by atoms with Crippen molar-refractivity contribution in [3.63, 3.8) is 0 Å². The van der Waals surface area contributed by atoms with Crippen LogP contribution < -0.4 is 0 Å². The molecule has 6 nitrogen and oxygen atoms in total. The molecule has 0 heterocycles. The van der Waals surface area contributed by atoms with E-state index in [1.54, 1.807) is 0 Å². The Hall–Kier alpha value is -1.59. The standard InChI is InChI=1S/C65H126O6/c1-4-7-10-13-16-19-21-23-25-27-28-29-30-31-32-33-34-35-36-38-39-41-43-46-49-52-55-58-64(67)70-61-62(60-69-63(66)57-54-51-48-45-18-15-12-9-6-3)71-65(68)59-56-53-50-47-44-42-40-37-26-24-22-20-17-14-11-8-5-2/h62H,4-61H2,1-3H3. The van der Waals surface area contributed by atoms with Gasteiger partial charge in [-0.25, -0.2) is 0 Å². The molecule has 0 bridgehead atoms. The fraction of sp³-hybridized carbons (Fsp3) is 0.954. The second-order valence-electron chi connectivity index (χ2n) is 22.4. The van der Waals surface area contributed by atoms with Crippen molar-refractivity contribution < 1.29 is 28.6 Å². The Labute approximate surface area is 444 Å². The van der Waals surface area contributed by atoms with Gasteiger partial charge in [0.05, 0.1) is 0 Å². The second kappa shape index (κ2) is 61.0. The zero-order valence-corrected chi connectivity index (χ0v) is 48.5. The first-order chi connectivity index (χ1) is 35.0.